The standard InChI is InChI=1S/C42H28S/c1-2-12-31-27(10-1)11-9-18-32(31)28-20-22-29(23-21-28)41-35-14-3-5-16-37(35)42(38-17-6-4-15-36(38)41)30-24-25-34-33-13-7-8-19-39(33)43-40(34)26-30/h1-8,10,12-26H,9,11H2. The lowest BCUT2D eigenvalue weighted by molar-refractivity contribution is 0.978. The maximum absolute atomic E-state index is 2.41. The molecule has 0 saturated carbocycles. The van der Waals surface area contributed by atoms with E-state index in [0.717, 1.165) is 12.8 Å². The van der Waals surface area contributed by atoms with Gasteiger partial charge in [0, 0.05) is 20.2 Å². The first-order valence-electron chi connectivity index (χ1n) is 15.1. The van der Waals surface area contributed by atoms with Crippen LogP contribution < -0.4 is 0 Å². The summed E-state index contributed by atoms with van der Waals surface area (Å²) in [5, 5.41) is 7.86. The topological polar surface area (TPSA) is 0 Å². The van der Waals surface area contributed by atoms with Crippen LogP contribution in [0.5, 0.6) is 0 Å². The van der Waals surface area contributed by atoms with Crippen molar-refractivity contribution in [1.29, 1.82) is 0 Å². The van der Waals surface area contributed by atoms with Gasteiger partial charge < -0.3 is 0 Å². The van der Waals surface area contributed by atoms with Crippen LogP contribution in [0, 0.1) is 0 Å². The SMILES string of the molecule is C1=C(c2ccc(-c3c4ccccc4c(-c4ccc5c(c4)sc4ccccc45)c4ccccc34)cc2)c2ccccc2CC1. The quantitative estimate of drug-likeness (QED) is 0.187. The summed E-state index contributed by atoms with van der Waals surface area (Å²) in [6.07, 6.45) is 4.63. The third-order valence-electron chi connectivity index (χ3n) is 9.15. The van der Waals surface area contributed by atoms with Gasteiger partial charge in [-0.15, -0.1) is 11.3 Å². The van der Waals surface area contributed by atoms with Crippen LogP contribution in [0.25, 0.3) is 69.5 Å². The molecule has 202 valence electrons. The van der Waals surface area contributed by atoms with Gasteiger partial charge in [-0.2, -0.15) is 0 Å². The highest BCUT2D eigenvalue weighted by molar-refractivity contribution is 7.25. The minimum absolute atomic E-state index is 1.10. The monoisotopic (exact) mass is 564 g/mol. The van der Waals surface area contributed by atoms with E-state index in [9.17, 15) is 0 Å². The van der Waals surface area contributed by atoms with Crippen LogP contribution in [0.1, 0.15) is 23.1 Å². The molecule has 1 aliphatic rings. The van der Waals surface area contributed by atoms with Gasteiger partial charge >= 0.3 is 0 Å². The second-order valence-electron chi connectivity index (χ2n) is 11.5. The van der Waals surface area contributed by atoms with Crippen molar-refractivity contribution in [3.63, 3.8) is 0 Å². The van der Waals surface area contributed by atoms with Crippen LogP contribution in [-0.2, 0) is 6.42 Å². The Labute approximate surface area is 255 Å². The number of rotatable bonds is 3. The second kappa shape index (κ2) is 9.80. The van der Waals surface area contributed by atoms with Crippen molar-refractivity contribution < 1.29 is 0 Å². The summed E-state index contributed by atoms with van der Waals surface area (Å²) < 4.78 is 2.68. The molecule has 0 unspecified atom stereocenters. The zero-order valence-electron chi connectivity index (χ0n) is 23.7. The van der Waals surface area contributed by atoms with Gasteiger partial charge in [0.1, 0.15) is 0 Å². The van der Waals surface area contributed by atoms with Crippen molar-refractivity contribution in [2.45, 2.75) is 12.8 Å². The lowest BCUT2D eigenvalue weighted by Crippen LogP contribution is -2.00. The fraction of sp³-hybridized carbons (Fsp3) is 0.0476. The minimum Gasteiger partial charge on any atom is -0.135 e. The van der Waals surface area contributed by atoms with Crippen LogP contribution in [0.15, 0.2) is 146 Å². The Balaban J connectivity index is 1.24. The minimum atomic E-state index is 1.10. The molecule has 7 aromatic carbocycles. The first-order valence-corrected chi connectivity index (χ1v) is 15.9. The maximum Gasteiger partial charge on any atom is 0.0361 e. The lowest BCUT2D eigenvalue weighted by atomic mass is 9.84. The molecule has 0 amide bonds. The number of thiophene rings is 1. The lowest BCUT2D eigenvalue weighted by Gasteiger charge is -2.20. The van der Waals surface area contributed by atoms with E-state index in [1.165, 1.54) is 86.2 Å². The highest BCUT2D eigenvalue weighted by Gasteiger charge is 2.18. The van der Waals surface area contributed by atoms with E-state index in [2.05, 4.69) is 146 Å². The molecule has 0 fully saturated rings. The van der Waals surface area contributed by atoms with E-state index in [-0.39, 0.29) is 0 Å². The Morgan fingerprint density at radius 2 is 0.953 bits per heavy atom. The summed E-state index contributed by atoms with van der Waals surface area (Å²) >= 11 is 1.89. The smallest absolute Gasteiger partial charge is 0.0361 e. The third kappa shape index (κ3) is 3.89. The highest BCUT2D eigenvalue weighted by atomic mass is 32.1. The third-order valence-corrected chi connectivity index (χ3v) is 10.3. The zero-order valence-corrected chi connectivity index (χ0v) is 24.5. The van der Waals surface area contributed by atoms with Crippen LogP contribution in [0.3, 0.4) is 0 Å². The molecule has 0 bridgehead atoms. The first-order chi connectivity index (χ1) is 21.3. The molecular formula is C42H28S. The molecule has 0 nitrogen and oxygen atoms in total. The number of hydrogen-bond acceptors (Lipinski definition) is 1. The van der Waals surface area contributed by atoms with Gasteiger partial charge in [-0.1, -0.05) is 133 Å². The second-order valence-corrected chi connectivity index (χ2v) is 12.6. The van der Waals surface area contributed by atoms with E-state index in [1.807, 2.05) is 11.3 Å². The van der Waals surface area contributed by atoms with E-state index < -0.39 is 0 Å². The summed E-state index contributed by atoms with van der Waals surface area (Å²) in [5.41, 5.74) is 10.6. The molecule has 1 heterocycles. The van der Waals surface area contributed by atoms with E-state index >= 15 is 0 Å². The van der Waals surface area contributed by atoms with Crippen molar-refractivity contribution in [3.8, 4) is 22.3 Å². The molecule has 9 rings (SSSR count). The number of hydrogen-bond donors (Lipinski definition) is 0. The first kappa shape index (κ1) is 24.6. The molecule has 0 N–H and O–H groups in total. The summed E-state index contributed by atoms with van der Waals surface area (Å²) in [6.45, 7) is 0. The average molecular weight is 565 g/mol. The fourth-order valence-corrected chi connectivity index (χ4v) is 8.35. The van der Waals surface area contributed by atoms with Gasteiger partial charge in [0.25, 0.3) is 0 Å². The number of benzene rings is 7. The number of allylic oxidation sites excluding steroid dienone is 1. The Kier molecular flexibility index (Phi) is 5.61. The molecule has 0 spiro atoms. The fourth-order valence-electron chi connectivity index (χ4n) is 7.20. The Bertz CT molecular complexity index is 2330. The van der Waals surface area contributed by atoms with Crippen molar-refractivity contribution in [2.75, 3.05) is 0 Å². The van der Waals surface area contributed by atoms with E-state index in [0.29, 0.717) is 0 Å². The molecule has 0 atom stereocenters. The Hall–Kier alpha value is -4.98. The van der Waals surface area contributed by atoms with Crippen LogP contribution in [0.4, 0.5) is 0 Å². The molecule has 1 aliphatic carbocycles. The summed E-state index contributed by atoms with van der Waals surface area (Å²) in [6, 6.07) is 51.8. The van der Waals surface area contributed by atoms with Gasteiger partial charge in [0.05, 0.1) is 0 Å². The molecule has 43 heavy (non-hydrogen) atoms. The average Bonchev–Trinajstić information content (AvgIpc) is 3.45. The Morgan fingerprint density at radius 3 is 1.67 bits per heavy atom. The van der Waals surface area contributed by atoms with Crippen molar-refractivity contribution in [2.24, 2.45) is 0 Å². The maximum atomic E-state index is 2.41. The largest absolute Gasteiger partial charge is 0.135 e. The predicted octanol–water partition coefficient (Wildman–Crippen LogP) is 12.1. The molecule has 8 aromatic rings. The van der Waals surface area contributed by atoms with Crippen LogP contribution in [-0.4, -0.2) is 0 Å². The van der Waals surface area contributed by atoms with E-state index in [1.54, 1.807) is 0 Å². The van der Waals surface area contributed by atoms with Crippen LogP contribution >= 0.6 is 11.3 Å². The van der Waals surface area contributed by atoms with E-state index in [4.69, 9.17) is 0 Å². The van der Waals surface area contributed by atoms with Gasteiger partial charge in [0.15, 0.2) is 0 Å². The van der Waals surface area contributed by atoms with Gasteiger partial charge in [-0.05, 0) is 91.0 Å². The van der Waals surface area contributed by atoms with Crippen molar-refractivity contribution in [1.82, 2.24) is 0 Å². The Morgan fingerprint density at radius 1 is 0.419 bits per heavy atom. The number of aryl methyl sites for hydroxylation is 1. The van der Waals surface area contributed by atoms with Gasteiger partial charge in [-0.3, -0.25) is 0 Å². The molecule has 0 radical (unpaired) electrons. The molecule has 0 saturated heterocycles. The molecule has 0 aliphatic heterocycles. The van der Waals surface area contributed by atoms with Gasteiger partial charge in [0.2, 0.25) is 0 Å². The normalized spacial score (nSPS) is 13.1. The summed E-state index contributed by atoms with van der Waals surface area (Å²) in [7, 11) is 0. The zero-order chi connectivity index (χ0) is 28.3. The van der Waals surface area contributed by atoms with Crippen LogP contribution in [0.2, 0.25) is 0 Å². The van der Waals surface area contributed by atoms with Crippen molar-refractivity contribution in [3.05, 3.63) is 162 Å². The highest BCUT2D eigenvalue weighted by Crippen LogP contribution is 2.45. The number of fused-ring (bicyclic) bond motifs is 6. The molecule has 1 aromatic heterocycles. The molecule has 1 heteroatoms. The predicted molar refractivity (Wildman–Crippen MR) is 187 cm³/mol. The van der Waals surface area contributed by atoms with Crippen molar-refractivity contribution >= 4 is 58.6 Å². The summed E-state index contributed by atoms with van der Waals surface area (Å²) in [5.74, 6) is 0. The van der Waals surface area contributed by atoms with Gasteiger partial charge in [-0.25, -0.2) is 0 Å². The summed E-state index contributed by atoms with van der Waals surface area (Å²) in [4.78, 5) is 0. The molecular weight excluding hydrogens is 537 g/mol.